The van der Waals surface area contributed by atoms with Crippen molar-refractivity contribution in [3.8, 4) is 10.6 Å². The van der Waals surface area contributed by atoms with E-state index in [2.05, 4.69) is 10.3 Å². The Kier molecular flexibility index (Phi) is 5.76. The van der Waals surface area contributed by atoms with Gasteiger partial charge in [-0.3, -0.25) is 4.79 Å². The summed E-state index contributed by atoms with van der Waals surface area (Å²) in [7, 11) is -3.78. The molecular formula is C19H18ClN3O3S3. The molecule has 152 valence electrons. The molecule has 4 rings (SSSR count). The van der Waals surface area contributed by atoms with Gasteiger partial charge in [-0.25, -0.2) is 13.4 Å². The van der Waals surface area contributed by atoms with Crippen molar-refractivity contribution in [2.75, 3.05) is 11.9 Å². The van der Waals surface area contributed by atoms with Crippen LogP contribution in [0.4, 0.5) is 5.00 Å². The van der Waals surface area contributed by atoms with E-state index in [0.29, 0.717) is 29.4 Å². The van der Waals surface area contributed by atoms with E-state index >= 15 is 0 Å². The second kappa shape index (κ2) is 8.16. The number of benzene rings is 1. The molecule has 1 saturated heterocycles. The monoisotopic (exact) mass is 467 g/mol. The molecule has 0 bridgehead atoms. The third-order valence-corrected chi connectivity index (χ3v) is 8.68. The van der Waals surface area contributed by atoms with Gasteiger partial charge < -0.3 is 5.32 Å². The average molecular weight is 468 g/mol. The van der Waals surface area contributed by atoms with Gasteiger partial charge in [0.25, 0.3) is 0 Å². The number of thiophene rings is 1. The molecule has 1 aromatic carbocycles. The van der Waals surface area contributed by atoms with Crippen LogP contribution in [0.2, 0.25) is 5.02 Å². The molecule has 0 saturated carbocycles. The van der Waals surface area contributed by atoms with Crippen LogP contribution in [0, 0.1) is 6.92 Å². The highest BCUT2D eigenvalue weighted by Gasteiger charge is 2.39. The Morgan fingerprint density at radius 2 is 2.00 bits per heavy atom. The average Bonchev–Trinajstić information content (AvgIpc) is 3.42. The number of anilines is 1. The van der Waals surface area contributed by atoms with Gasteiger partial charge in [0.1, 0.15) is 16.1 Å². The van der Waals surface area contributed by atoms with Gasteiger partial charge in [-0.05, 0) is 55.5 Å². The summed E-state index contributed by atoms with van der Waals surface area (Å²) in [6.45, 7) is 2.23. The molecule has 0 spiro atoms. The standard InChI is InChI=1S/C19H18ClN3O3S3/c1-12-11-28-18(21-12)15-8-10-27-19(15)22-17(24)16-3-2-9-23(16)29(25,26)14-6-4-13(20)5-7-14/h4-8,10-11,16H,2-3,9H2,1H3,(H,22,24). The molecule has 3 heterocycles. The SMILES string of the molecule is Cc1csc(-c2ccsc2NC(=O)C2CCCN2S(=O)(=O)c2ccc(Cl)cc2)n1. The van der Waals surface area contributed by atoms with Crippen molar-refractivity contribution in [1.29, 1.82) is 0 Å². The minimum atomic E-state index is -3.78. The number of nitrogens with one attached hydrogen (secondary N) is 1. The quantitative estimate of drug-likeness (QED) is 0.593. The highest BCUT2D eigenvalue weighted by atomic mass is 35.5. The Balaban J connectivity index is 1.56. The van der Waals surface area contributed by atoms with Crippen LogP contribution in [-0.4, -0.2) is 36.2 Å². The van der Waals surface area contributed by atoms with Crippen LogP contribution in [0.5, 0.6) is 0 Å². The number of sulfonamides is 1. The van der Waals surface area contributed by atoms with E-state index in [1.54, 1.807) is 0 Å². The predicted molar refractivity (Wildman–Crippen MR) is 117 cm³/mol. The second-order valence-electron chi connectivity index (χ2n) is 6.67. The molecule has 0 radical (unpaired) electrons. The number of hydrogen-bond donors (Lipinski definition) is 1. The Hall–Kier alpha value is -1.78. The van der Waals surface area contributed by atoms with Crippen molar-refractivity contribution in [1.82, 2.24) is 9.29 Å². The van der Waals surface area contributed by atoms with Crippen molar-refractivity contribution in [3.63, 3.8) is 0 Å². The summed E-state index contributed by atoms with van der Waals surface area (Å²) < 4.78 is 27.4. The first-order valence-electron chi connectivity index (χ1n) is 8.94. The zero-order valence-electron chi connectivity index (χ0n) is 15.5. The highest BCUT2D eigenvalue weighted by Crippen LogP contribution is 2.36. The van der Waals surface area contributed by atoms with Crippen LogP contribution in [0.15, 0.2) is 46.0 Å². The molecule has 1 fully saturated rings. The Labute approximate surface area is 182 Å². The van der Waals surface area contributed by atoms with E-state index in [1.807, 2.05) is 23.8 Å². The van der Waals surface area contributed by atoms with E-state index in [9.17, 15) is 13.2 Å². The van der Waals surface area contributed by atoms with Crippen molar-refractivity contribution in [2.24, 2.45) is 0 Å². The summed E-state index contributed by atoms with van der Waals surface area (Å²) in [5.74, 6) is -0.322. The third-order valence-electron chi connectivity index (χ3n) is 4.68. The van der Waals surface area contributed by atoms with Gasteiger partial charge in [0, 0.05) is 28.2 Å². The minimum absolute atomic E-state index is 0.136. The highest BCUT2D eigenvalue weighted by molar-refractivity contribution is 7.89. The number of rotatable bonds is 5. The lowest BCUT2D eigenvalue weighted by Crippen LogP contribution is -2.43. The number of nitrogens with zero attached hydrogens (tertiary/aromatic N) is 2. The molecule has 1 unspecified atom stereocenters. The fourth-order valence-corrected chi connectivity index (χ4v) is 6.75. The minimum Gasteiger partial charge on any atom is -0.316 e. The van der Waals surface area contributed by atoms with Gasteiger partial charge in [0.2, 0.25) is 15.9 Å². The van der Waals surface area contributed by atoms with Gasteiger partial charge in [0.15, 0.2) is 0 Å². The topological polar surface area (TPSA) is 79.4 Å². The first kappa shape index (κ1) is 20.5. The lowest BCUT2D eigenvalue weighted by atomic mass is 10.2. The van der Waals surface area contributed by atoms with Crippen molar-refractivity contribution in [3.05, 3.63) is 51.8 Å². The summed E-state index contributed by atoms with van der Waals surface area (Å²) in [4.78, 5) is 17.6. The molecule has 2 aromatic heterocycles. The Morgan fingerprint density at radius 1 is 1.24 bits per heavy atom. The largest absolute Gasteiger partial charge is 0.316 e. The number of aryl methyl sites for hydroxylation is 1. The molecule has 1 atom stereocenters. The molecule has 1 amide bonds. The van der Waals surface area contributed by atoms with E-state index in [1.165, 1.54) is 51.2 Å². The number of carbonyl (C=O) groups is 1. The van der Waals surface area contributed by atoms with Crippen molar-refractivity contribution >= 4 is 55.2 Å². The maximum atomic E-state index is 13.1. The van der Waals surface area contributed by atoms with Gasteiger partial charge in [0.05, 0.1) is 4.90 Å². The molecule has 1 aliphatic rings. The summed E-state index contributed by atoms with van der Waals surface area (Å²) in [5.41, 5.74) is 1.77. The van der Waals surface area contributed by atoms with Gasteiger partial charge in [-0.15, -0.1) is 22.7 Å². The van der Waals surface area contributed by atoms with Crippen LogP contribution < -0.4 is 5.32 Å². The number of halogens is 1. The summed E-state index contributed by atoms with van der Waals surface area (Å²) >= 11 is 8.78. The lowest BCUT2D eigenvalue weighted by molar-refractivity contribution is -0.119. The normalized spacial score (nSPS) is 17.5. The molecule has 10 heteroatoms. The zero-order chi connectivity index (χ0) is 20.6. The molecular weight excluding hydrogens is 450 g/mol. The summed E-state index contributed by atoms with van der Waals surface area (Å²) in [6, 6.07) is 7.17. The van der Waals surface area contributed by atoms with E-state index < -0.39 is 16.1 Å². The van der Waals surface area contributed by atoms with E-state index in [-0.39, 0.29) is 10.8 Å². The fourth-order valence-electron chi connectivity index (χ4n) is 3.28. The predicted octanol–water partition coefficient (Wildman–Crippen LogP) is 4.63. The number of aromatic nitrogens is 1. The fraction of sp³-hybridized carbons (Fsp3) is 0.263. The van der Waals surface area contributed by atoms with E-state index in [0.717, 1.165) is 16.3 Å². The molecule has 0 aliphatic carbocycles. The summed E-state index contributed by atoms with van der Waals surface area (Å²) in [5, 5.41) is 8.73. The number of amides is 1. The zero-order valence-corrected chi connectivity index (χ0v) is 18.7. The maximum Gasteiger partial charge on any atom is 0.243 e. The molecule has 1 N–H and O–H groups in total. The van der Waals surface area contributed by atoms with Crippen LogP contribution in [0.25, 0.3) is 10.6 Å². The molecule has 3 aromatic rings. The van der Waals surface area contributed by atoms with Gasteiger partial charge in [-0.1, -0.05) is 11.6 Å². The second-order valence-corrected chi connectivity index (χ2v) is 10.8. The van der Waals surface area contributed by atoms with Gasteiger partial charge >= 0.3 is 0 Å². The molecule has 1 aliphatic heterocycles. The first-order valence-corrected chi connectivity index (χ1v) is 12.5. The maximum absolute atomic E-state index is 13.1. The Bertz CT molecular complexity index is 1140. The van der Waals surface area contributed by atoms with Crippen LogP contribution in [0.1, 0.15) is 18.5 Å². The lowest BCUT2D eigenvalue weighted by Gasteiger charge is -2.23. The smallest absolute Gasteiger partial charge is 0.243 e. The molecule has 6 nitrogen and oxygen atoms in total. The number of carbonyl (C=O) groups excluding carboxylic acids is 1. The van der Waals surface area contributed by atoms with Crippen LogP contribution >= 0.6 is 34.3 Å². The van der Waals surface area contributed by atoms with Crippen LogP contribution in [-0.2, 0) is 14.8 Å². The Morgan fingerprint density at radius 3 is 2.69 bits per heavy atom. The van der Waals surface area contributed by atoms with Crippen molar-refractivity contribution in [2.45, 2.75) is 30.7 Å². The van der Waals surface area contributed by atoms with Crippen LogP contribution in [0.3, 0.4) is 0 Å². The van der Waals surface area contributed by atoms with Crippen molar-refractivity contribution < 1.29 is 13.2 Å². The summed E-state index contributed by atoms with van der Waals surface area (Å²) in [6.07, 6.45) is 1.11. The molecule has 29 heavy (non-hydrogen) atoms. The van der Waals surface area contributed by atoms with E-state index in [4.69, 9.17) is 11.6 Å². The third kappa shape index (κ3) is 4.10. The number of thiazole rings is 1. The van der Waals surface area contributed by atoms with Gasteiger partial charge in [-0.2, -0.15) is 4.31 Å². The first-order chi connectivity index (χ1) is 13.9. The number of hydrogen-bond acceptors (Lipinski definition) is 6.